The number of hydrogen-bond donors (Lipinski definition) is 1. The van der Waals surface area contributed by atoms with Crippen molar-refractivity contribution in [2.24, 2.45) is 0 Å². The van der Waals surface area contributed by atoms with E-state index in [9.17, 15) is 4.79 Å². The molecule has 0 bridgehead atoms. The van der Waals surface area contributed by atoms with Crippen molar-refractivity contribution in [2.75, 3.05) is 7.11 Å². The summed E-state index contributed by atoms with van der Waals surface area (Å²) < 4.78 is 4.46. The molecule has 0 heterocycles. The van der Waals surface area contributed by atoms with Crippen molar-refractivity contribution in [3.8, 4) is 0 Å². The van der Waals surface area contributed by atoms with Gasteiger partial charge in [0.25, 0.3) is 0 Å². The second kappa shape index (κ2) is 2.84. The number of aliphatic hydroxyl groups excluding tert-OH is 1. The van der Waals surface area contributed by atoms with Gasteiger partial charge in [-0.3, -0.25) is 0 Å². The Labute approximate surface area is 59.3 Å². The highest BCUT2D eigenvalue weighted by molar-refractivity contribution is 5.88. The summed E-state index contributed by atoms with van der Waals surface area (Å²) in [5, 5.41) is 8.96. The molecule has 3 nitrogen and oxygen atoms in total. The summed E-state index contributed by atoms with van der Waals surface area (Å²) in [6.45, 7) is 0. The lowest BCUT2D eigenvalue weighted by Crippen LogP contribution is -2.01. The molecule has 0 aromatic rings. The maximum Gasteiger partial charge on any atom is 0.333 e. The average Bonchev–Trinajstić information content (AvgIpc) is 2.34. The van der Waals surface area contributed by atoms with Crippen molar-refractivity contribution in [2.45, 2.75) is 18.9 Å². The molecule has 0 unspecified atom stereocenters. The third-order valence-corrected chi connectivity index (χ3v) is 1.55. The third-order valence-electron chi connectivity index (χ3n) is 1.55. The molecule has 0 saturated heterocycles. The maximum atomic E-state index is 10.8. The summed E-state index contributed by atoms with van der Waals surface area (Å²) in [4.78, 5) is 10.8. The summed E-state index contributed by atoms with van der Waals surface area (Å²) >= 11 is 0. The topological polar surface area (TPSA) is 46.5 Å². The Morgan fingerprint density at radius 3 is 3.00 bits per heavy atom. The molecule has 1 N–H and O–H groups in total. The summed E-state index contributed by atoms with van der Waals surface area (Å²) in [5.74, 6) is -0.323. The summed E-state index contributed by atoms with van der Waals surface area (Å²) in [7, 11) is 1.34. The van der Waals surface area contributed by atoms with Crippen LogP contribution in [0.1, 0.15) is 12.8 Å². The van der Waals surface area contributed by atoms with Gasteiger partial charge in [-0.2, -0.15) is 0 Å². The van der Waals surface area contributed by atoms with E-state index in [1.807, 2.05) is 0 Å². The molecule has 0 aromatic heterocycles. The van der Waals surface area contributed by atoms with Crippen LogP contribution in [0.4, 0.5) is 0 Å². The highest BCUT2D eigenvalue weighted by Crippen LogP contribution is 2.18. The molecule has 1 atom stereocenters. The van der Waals surface area contributed by atoms with Crippen LogP contribution in [0.2, 0.25) is 0 Å². The van der Waals surface area contributed by atoms with E-state index in [4.69, 9.17) is 5.11 Å². The number of hydrogen-bond acceptors (Lipinski definition) is 3. The monoisotopic (exact) mass is 142 g/mol. The fraction of sp³-hybridized carbons (Fsp3) is 0.571. The molecule has 0 spiro atoms. The quantitative estimate of drug-likeness (QED) is 0.533. The maximum absolute atomic E-state index is 10.8. The molecule has 0 radical (unpaired) electrons. The van der Waals surface area contributed by atoms with E-state index in [-0.39, 0.29) is 5.97 Å². The number of carbonyl (C=O) groups is 1. The first-order valence-corrected chi connectivity index (χ1v) is 3.21. The molecule has 3 heteroatoms. The van der Waals surface area contributed by atoms with Crippen LogP contribution in [0.5, 0.6) is 0 Å². The van der Waals surface area contributed by atoms with Crippen LogP contribution in [-0.4, -0.2) is 24.3 Å². The molecule has 1 rings (SSSR count). The molecule has 0 aliphatic heterocycles. The van der Waals surface area contributed by atoms with E-state index < -0.39 is 6.10 Å². The zero-order valence-corrected chi connectivity index (χ0v) is 5.83. The lowest BCUT2D eigenvalue weighted by atomic mass is 10.2. The number of methoxy groups -OCH3 is 1. The number of aliphatic hydroxyl groups is 1. The Morgan fingerprint density at radius 2 is 2.60 bits per heavy atom. The van der Waals surface area contributed by atoms with Gasteiger partial charge in [-0.05, 0) is 18.9 Å². The van der Waals surface area contributed by atoms with Gasteiger partial charge < -0.3 is 9.84 Å². The van der Waals surface area contributed by atoms with Gasteiger partial charge in [-0.25, -0.2) is 4.79 Å². The smallest absolute Gasteiger partial charge is 0.333 e. The summed E-state index contributed by atoms with van der Waals surface area (Å²) in [6, 6.07) is 0. The number of esters is 1. The Hall–Kier alpha value is -0.830. The molecule has 0 amide bonds. The van der Waals surface area contributed by atoms with E-state index in [1.165, 1.54) is 7.11 Å². The van der Waals surface area contributed by atoms with Gasteiger partial charge in [0, 0.05) is 5.57 Å². The van der Waals surface area contributed by atoms with Crippen LogP contribution < -0.4 is 0 Å². The van der Waals surface area contributed by atoms with Crippen LogP contribution in [0, 0.1) is 0 Å². The molecule has 0 aromatic carbocycles. The SMILES string of the molecule is COC(=O)C1=C[C@@H](O)CC1. The summed E-state index contributed by atoms with van der Waals surface area (Å²) in [5.41, 5.74) is 0.593. The second-order valence-electron chi connectivity index (χ2n) is 2.29. The molecule has 10 heavy (non-hydrogen) atoms. The third kappa shape index (κ3) is 1.36. The minimum atomic E-state index is -0.450. The van der Waals surface area contributed by atoms with Crippen molar-refractivity contribution in [1.29, 1.82) is 0 Å². The van der Waals surface area contributed by atoms with Gasteiger partial charge in [-0.1, -0.05) is 0 Å². The van der Waals surface area contributed by atoms with Crippen molar-refractivity contribution in [3.05, 3.63) is 11.6 Å². The first kappa shape index (κ1) is 7.28. The minimum absolute atomic E-state index is 0.323. The highest BCUT2D eigenvalue weighted by Gasteiger charge is 2.18. The van der Waals surface area contributed by atoms with Gasteiger partial charge in [-0.15, -0.1) is 0 Å². The lowest BCUT2D eigenvalue weighted by molar-refractivity contribution is -0.136. The van der Waals surface area contributed by atoms with Crippen LogP contribution >= 0.6 is 0 Å². The first-order chi connectivity index (χ1) is 4.74. The second-order valence-corrected chi connectivity index (χ2v) is 2.29. The zero-order chi connectivity index (χ0) is 7.56. The fourth-order valence-corrected chi connectivity index (χ4v) is 1.00. The average molecular weight is 142 g/mol. The number of ether oxygens (including phenoxy) is 1. The van der Waals surface area contributed by atoms with Crippen molar-refractivity contribution in [1.82, 2.24) is 0 Å². The highest BCUT2D eigenvalue weighted by atomic mass is 16.5. The molecule has 1 aliphatic carbocycles. The van der Waals surface area contributed by atoms with Crippen molar-refractivity contribution >= 4 is 5.97 Å². The zero-order valence-electron chi connectivity index (χ0n) is 5.83. The predicted octanol–water partition coefficient (Wildman–Crippen LogP) is 0.240. The van der Waals surface area contributed by atoms with Gasteiger partial charge >= 0.3 is 5.97 Å². The summed E-state index contributed by atoms with van der Waals surface area (Å²) in [6.07, 6.45) is 2.37. The Morgan fingerprint density at radius 1 is 1.90 bits per heavy atom. The molecule has 0 fully saturated rings. The number of rotatable bonds is 1. The van der Waals surface area contributed by atoms with Crippen LogP contribution in [0.25, 0.3) is 0 Å². The van der Waals surface area contributed by atoms with E-state index in [0.717, 1.165) is 0 Å². The largest absolute Gasteiger partial charge is 0.466 e. The van der Waals surface area contributed by atoms with Gasteiger partial charge in [0.15, 0.2) is 0 Å². The molecule has 1 aliphatic rings. The van der Waals surface area contributed by atoms with Gasteiger partial charge in [0.2, 0.25) is 0 Å². The predicted molar refractivity (Wildman–Crippen MR) is 35.3 cm³/mol. The number of carbonyl (C=O) groups excluding carboxylic acids is 1. The molecular formula is C7H10O3. The Balaban J connectivity index is 2.57. The van der Waals surface area contributed by atoms with Crippen LogP contribution in [-0.2, 0) is 9.53 Å². The normalized spacial score (nSPS) is 24.2. The Bertz CT molecular complexity index is 172. The van der Waals surface area contributed by atoms with Gasteiger partial charge in [0.05, 0.1) is 13.2 Å². The Kier molecular flexibility index (Phi) is 2.06. The first-order valence-electron chi connectivity index (χ1n) is 3.21. The molecule has 56 valence electrons. The lowest BCUT2D eigenvalue weighted by Gasteiger charge is -1.95. The van der Waals surface area contributed by atoms with E-state index in [0.29, 0.717) is 18.4 Å². The van der Waals surface area contributed by atoms with Crippen LogP contribution in [0.3, 0.4) is 0 Å². The van der Waals surface area contributed by atoms with E-state index in [1.54, 1.807) is 6.08 Å². The van der Waals surface area contributed by atoms with E-state index >= 15 is 0 Å². The minimum Gasteiger partial charge on any atom is -0.466 e. The van der Waals surface area contributed by atoms with Crippen LogP contribution in [0.15, 0.2) is 11.6 Å². The molecular weight excluding hydrogens is 132 g/mol. The standard InChI is InChI=1S/C7H10O3/c1-10-7(9)5-2-3-6(8)4-5/h4,6,8H,2-3H2,1H3/t6-/m0/s1. The molecule has 0 saturated carbocycles. The van der Waals surface area contributed by atoms with E-state index in [2.05, 4.69) is 4.74 Å². The van der Waals surface area contributed by atoms with Gasteiger partial charge in [0.1, 0.15) is 0 Å². The fourth-order valence-electron chi connectivity index (χ4n) is 1.00. The van der Waals surface area contributed by atoms with Crippen molar-refractivity contribution in [3.63, 3.8) is 0 Å². The van der Waals surface area contributed by atoms with Crippen molar-refractivity contribution < 1.29 is 14.6 Å².